The molecule has 5 heteroatoms. The van der Waals surface area contributed by atoms with E-state index < -0.39 is 0 Å². The summed E-state index contributed by atoms with van der Waals surface area (Å²) in [5, 5.41) is 3.54. The van der Waals surface area contributed by atoms with E-state index in [1.54, 1.807) is 0 Å². The summed E-state index contributed by atoms with van der Waals surface area (Å²) in [6.45, 7) is 3.32. The predicted molar refractivity (Wildman–Crippen MR) is 103 cm³/mol. The molecule has 4 aliphatic rings. The summed E-state index contributed by atoms with van der Waals surface area (Å²) >= 11 is 0. The van der Waals surface area contributed by atoms with Gasteiger partial charge in [0.25, 0.3) is 0 Å². The third kappa shape index (κ3) is 2.96. The molecule has 0 unspecified atom stereocenters. The Morgan fingerprint density at radius 1 is 1.04 bits per heavy atom. The number of benzene rings is 1. The number of rotatable bonds is 1. The maximum absolute atomic E-state index is 13.7. The van der Waals surface area contributed by atoms with Gasteiger partial charge in [-0.2, -0.15) is 0 Å². The van der Waals surface area contributed by atoms with E-state index in [1.807, 2.05) is 9.80 Å². The normalized spacial score (nSPS) is 33.1. The molecule has 5 nitrogen and oxygen atoms in total. The summed E-state index contributed by atoms with van der Waals surface area (Å²) in [6, 6.07) is 8.47. The highest BCUT2D eigenvalue weighted by atomic mass is 16.2. The fraction of sp³-hybridized carbons (Fsp3) is 0.636. The van der Waals surface area contributed by atoms with Crippen LogP contribution < -0.4 is 5.32 Å². The lowest BCUT2D eigenvalue weighted by molar-refractivity contribution is -0.162. The summed E-state index contributed by atoms with van der Waals surface area (Å²) < 4.78 is 0. The number of piperidine rings is 3. The second kappa shape index (κ2) is 6.93. The van der Waals surface area contributed by atoms with Crippen molar-refractivity contribution in [3.05, 3.63) is 35.4 Å². The van der Waals surface area contributed by atoms with Crippen LogP contribution in [0.5, 0.6) is 0 Å². The number of nitrogens with zero attached hydrogens (tertiary/aromatic N) is 2. The van der Waals surface area contributed by atoms with Gasteiger partial charge < -0.3 is 15.1 Å². The van der Waals surface area contributed by atoms with Crippen LogP contribution in [0.25, 0.3) is 0 Å². The zero-order valence-corrected chi connectivity index (χ0v) is 15.9. The molecular weight excluding hydrogens is 338 g/mol. The van der Waals surface area contributed by atoms with E-state index in [-0.39, 0.29) is 29.8 Å². The molecule has 2 bridgehead atoms. The molecule has 144 valence electrons. The van der Waals surface area contributed by atoms with Crippen LogP contribution >= 0.6 is 0 Å². The summed E-state index contributed by atoms with van der Waals surface area (Å²) in [6.07, 6.45) is 5.75. The quantitative estimate of drug-likeness (QED) is 0.825. The Bertz CT molecular complexity index is 749. The van der Waals surface area contributed by atoms with Gasteiger partial charge in [0.15, 0.2) is 0 Å². The summed E-state index contributed by atoms with van der Waals surface area (Å²) in [5.74, 6) is 1.16. The minimum absolute atomic E-state index is 0.180. The van der Waals surface area contributed by atoms with E-state index in [4.69, 9.17) is 0 Å². The molecule has 2 amide bonds. The number of fused-ring (bicyclic) bond motifs is 5. The van der Waals surface area contributed by atoms with Crippen molar-refractivity contribution >= 4 is 11.8 Å². The fourth-order valence-electron chi connectivity index (χ4n) is 5.91. The van der Waals surface area contributed by atoms with Gasteiger partial charge in [-0.1, -0.05) is 24.3 Å². The first-order chi connectivity index (χ1) is 13.2. The molecule has 3 saturated heterocycles. The minimum Gasteiger partial charge on any atom is -0.337 e. The Morgan fingerprint density at radius 3 is 2.74 bits per heavy atom. The van der Waals surface area contributed by atoms with Crippen molar-refractivity contribution in [3.63, 3.8) is 0 Å². The highest BCUT2D eigenvalue weighted by Crippen LogP contribution is 2.40. The van der Waals surface area contributed by atoms with Crippen molar-refractivity contribution in [2.75, 3.05) is 19.6 Å². The number of carbonyl (C=O) groups excluding carboxylic acids is 2. The lowest BCUT2D eigenvalue weighted by atomic mass is 9.72. The second-order valence-electron chi connectivity index (χ2n) is 8.75. The lowest BCUT2D eigenvalue weighted by Gasteiger charge is -2.54. The third-order valence-electron chi connectivity index (χ3n) is 7.16. The summed E-state index contributed by atoms with van der Waals surface area (Å²) in [5.41, 5.74) is 2.63. The zero-order valence-electron chi connectivity index (χ0n) is 15.9. The number of nitrogens with one attached hydrogen (secondary N) is 1. The molecule has 4 heterocycles. The minimum atomic E-state index is -0.267. The van der Waals surface area contributed by atoms with E-state index in [2.05, 4.69) is 29.6 Å². The molecule has 27 heavy (non-hydrogen) atoms. The lowest BCUT2D eigenvalue weighted by Crippen LogP contribution is -2.68. The SMILES string of the molecule is O=C([C@H]1[C@@H]2CNC[C@@H](C2)[C@@H]2CCCC(=O)N21)N1CCCc2ccccc2C1. The molecule has 0 saturated carbocycles. The van der Waals surface area contributed by atoms with Crippen LogP contribution in [0.3, 0.4) is 0 Å². The molecule has 1 aromatic rings. The van der Waals surface area contributed by atoms with Crippen LogP contribution in [0, 0.1) is 11.8 Å². The second-order valence-corrected chi connectivity index (χ2v) is 8.75. The fourth-order valence-corrected chi connectivity index (χ4v) is 5.91. The molecular formula is C22H29N3O2. The molecule has 3 fully saturated rings. The number of carbonyl (C=O) groups is 2. The zero-order chi connectivity index (χ0) is 18.4. The first kappa shape index (κ1) is 17.2. The predicted octanol–water partition coefficient (Wildman–Crippen LogP) is 1.95. The number of hydrogen-bond donors (Lipinski definition) is 1. The van der Waals surface area contributed by atoms with Crippen LogP contribution in [0.4, 0.5) is 0 Å². The Kier molecular flexibility index (Phi) is 4.43. The average molecular weight is 367 g/mol. The molecule has 0 radical (unpaired) electrons. The van der Waals surface area contributed by atoms with Crippen molar-refractivity contribution in [1.29, 1.82) is 0 Å². The van der Waals surface area contributed by atoms with Gasteiger partial charge in [-0.25, -0.2) is 0 Å². The molecule has 5 rings (SSSR count). The molecule has 0 aromatic heterocycles. The van der Waals surface area contributed by atoms with Crippen LogP contribution in [-0.2, 0) is 22.6 Å². The monoisotopic (exact) mass is 367 g/mol. The maximum atomic E-state index is 13.7. The van der Waals surface area contributed by atoms with Crippen molar-refractivity contribution in [3.8, 4) is 0 Å². The third-order valence-corrected chi connectivity index (χ3v) is 7.16. The van der Waals surface area contributed by atoms with Gasteiger partial charge in [0.2, 0.25) is 11.8 Å². The molecule has 1 N–H and O–H groups in total. The molecule has 4 aliphatic heterocycles. The van der Waals surface area contributed by atoms with E-state index in [0.29, 0.717) is 18.9 Å². The summed E-state index contributed by atoms with van der Waals surface area (Å²) in [4.78, 5) is 30.6. The summed E-state index contributed by atoms with van der Waals surface area (Å²) in [7, 11) is 0. The van der Waals surface area contributed by atoms with Crippen molar-refractivity contribution in [2.24, 2.45) is 11.8 Å². The van der Waals surface area contributed by atoms with Crippen molar-refractivity contribution in [2.45, 2.75) is 57.2 Å². The van der Waals surface area contributed by atoms with Gasteiger partial charge in [0, 0.05) is 38.0 Å². The Morgan fingerprint density at radius 2 is 1.85 bits per heavy atom. The highest BCUT2D eigenvalue weighted by molar-refractivity contribution is 5.89. The van der Waals surface area contributed by atoms with Crippen molar-refractivity contribution in [1.82, 2.24) is 15.1 Å². The molecule has 0 spiro atoms. The van der Waals surface area contributed by atoms with Gasteiger partial charge in [-0.3, -0.25) is 9.59 Å². The van der Waals surface area contributed by atoms with Gasteiger partial charge in [-0.05, 0) is 55.7 Å². The Labute approximate surface area is 161 Å². The Balaban J connectivity index is 1.44. The standard InChI is InChI=1S/C22H29N3O2/c26-20-9-3-8-19-17-11-18(13-23-12-17)21(25(19)20)22(27)24-10-4-7-15-5-1-2-6-16(15)14-24/h1-2,5-6,17-19,21,23H,3-4,7-14H2/t17-,18+,19+,21-/m1/s1. The van der Waals surface area contributed by atoms with Gasteiger partial charge >= 0.3 is 0 Å². The smallest absolute Gasteiger partial charge is 0.246 e. The van der Waals surface area contributed by atoms with Crippen LogP contribution in [-0.4, -0.2) is 53.3 Å². The molecule has 0 aliphatic carbocycles. The van der Waals surface area contributed by atoms with E-state index in [0.717, 1.165) is 51.7 Å². The van der Waals surface area contributed by atoms with Crippen LogP contribution in [0.15, 0.2) is 24.3 Å². The van der Waals surface area contributed by atoms with Crippen molar-refractivity contribution < 1.29 is 9.59 Å². The largest absolute Gasteiger partial charge is 0.337 e. The number of amides is 2. The van der Waals surface area contributed by atoms with Crippen LogP contribution in [0.1, 0.15) is 43.2 Å². The van der Waals surface area contributed by atoms with Gasteiger partial charge in [-0.15, -0.1) is 0 Å². The number of hydrogen-bond acceptors (Lipinski definition) is 3. The average Bonchev–Trinajstić information content (AvgIpc) is 2.91. The Hall–Kier alpha value is -1.88. The highest BCUT2D eigenvalue weighted by Gasteiger charge is 2.51. The van der Waals surface area contributed by atoms with Crippen LogP contribution in [0.2, 0.25) is 0 Å². The molecule has 1 aromatic carbocycles. The first-order valence-electron chi connectivity index (χ1n) is 10.6. The van der Waals surface area contributed by atoms with Gasteiger partial charge in [0.1, 0.15) is 6.04 Å². The van der Waals surface area contributed by atoms with E-state index in [9.17, 15) is 9.59 Å². The maximum Gasteiger partial charge on any atom is 0.246 e. The molecule has 4 atom stereocenters. The van der Waals surface area contributed by atoms with E-state index >= 15 is 0 Å². The number of aryl methyl sites for hydroxylation is 1. The van der Waals surface area contributed by atoms with E-state index in [1.165, 1.54) is 11.1 Å². The first-order valence-corrected chi connectivity index (χ1v) is 10.6. The topological polar surface area (TPSA) is 52.7 Å². The van der Waals surface area contributed by atoms with Gasteiger partial charge in [0.05, 0.1) is 0 Å².